The highest BCUT2D eigenvalue weighted by Crippen LogP contribution is 2.29. The van der Waals surface area contributed by atoms with E-state index < -0.39 is 0 Å². The van der Waals surface area contributed by atoms with E-state index in [1.807, 2.05) is 4.90 Å². The van der Waals surface area contributed by atoms with Crippen LogP contribution in [0.15, 0.2) is 0 Å². The number of carbonyl (C=O) groups excluding carboxylic acids is 1. The first kappa shape index (κ1) is 8.05. The number of rotatable bonds is 3. The third kappa shape index (κ3) is 1.61. The summed E-state index contributed by atoms with van der Waals surface area (Å²) in [4.78, 5) is 12.8. The molecule has 2 aliphatic rings. The lowest BCUT2D eigenvalue weighted by Crippen LogP contribution is -2.43. The van der Waals surface area contributed by atoms with E-state index >= 15 is 0 Å². The molecule has 0 aromatic rings. The van der Waals surface area contributed by atoms with E-state index in [9.17, 15) is 4.79 Å². The zero-order valence-corrected chi connectivity index (χ0v) is 7.33. The largest absolute Gasteiger partial charge is 0.339 e. The molecule has 0 bridgehead atoms. The lowest BCUT2D eigenvalue weighted by molar-refractivity contribution is -0.121. The topological polar surface area (TPSA) is 32.3 Å². The van der Waals surface area contributed by atoms with Gasteiger partial charge < -0.3 is 10.2 Å². The third-order valence-electron chi connectivity index (χ3n) is 2.82. The van der Waals surface area contributed by atoms with Crippen molar-refractivity contribution in [3.63, 3.8) is 0 Å². The van der Waals surface area contributed by atoms with Crippen LogP contribution in [0.5, 0.6) is 0 Å². The lowest BCUT2D eigenvalue weighted by atomic mass is 10.1. The van der Waals surface area contributed by atoms with Crippen LogP contribution in [0.1, 0.15) is 25.7 Å². The Balaban J connectivity index is 1.89. The van der Waals surface area contributed by atoms with Crippen molar-refractivity contribution in [3.8, 4) is 0 Å². The second-order valence-electron chi connectivity index (χ2n) is 3.76. The molecule has 1 saturated heterocycles. The second-order valence-corrected chi connectivity index (χ2v) is 3.76. The van der Waals surface area contributed by atoms with Gasteiger partial charge in [0.15, 0.2) is 0 Å². The lowest BCUT2D eigenvalue weighted by Gasteiger charge is -2.31. The van der Waals surface area contributed by atoms with Crippen LogP contribution in [0.3, 0.4) is 0 Å². The fourth-order valence-corrected chi connectivity index (χ4v) is 1.95. The summed E-state index contributed by atoms with van der Waals surface area (Å²) in [7, 11) is 0. The summed E-state index contributed by atoms with van der Waals surface area (Å²) in [5.41, 5.74) is 0. The Morgan fingerprint density at radius 2 is 1.67 bits per heavy atom. The normalized spacial score (nSPS) is 25.3. The third-order valence-corrected chi connectivity index (χ3v) is 2.82. The molecule has 1 aliphatic carbocycles. The van der Waals surface area contributed by atoms with E-state index in [0.717, 1.165) is 32.3 Å². The van der Waals surface area contributed by atoms with Crippen LogP contribution in [0.4, 0.5) is 0 Å². The molecule has 0 aromatic heterocycles. The van der Waals surface area contributed by atoms with Gasteiger partial charge in [0.1, 0.15) is 0 Å². The van der Waals surface area contributed by atoms with Crippen molar-refractivity contribution < 1.29 is 4.79 Å². The van der Waals surface area contributed by atoms with Gasteiger partial charge >= 0.3 is 0 Å². The summed E-state index contributed by atoms with van der Waals surface area (Å²) in [5, 5.41) is 3.31. The number of nitrogens with one attached hydrogen (secondary N) is 1. The molecule has 1 amide bonds. The van der Waals surface area contributed by atoms with Crippen LogP contribution < -0.4 is 5.32 Å². The summed E-state index contributed by atoms with van der Waals surface area (Å²) >= 11 is 0. The Morgan fingerprint density at radius 1 is 1.08 bits per heavy atom. The quantitative estimate of drug-likeness (QED) is 0.617. The predicted molar refractivity (Wildman–Crippen MR) is 46.8 cm³/mol. The first-order valence-corrected chi connectivity index (χ1v) is 4.85. The predicted octanol–water partition coefficient (Wildman–Crippen LogP) is 0.359. The van der Waals surface area contributed by atoms with Crippen molar-refractivity contribution in [1.29, 1.82) is 0 Å². The number of amides is 1. The van der Waals surface area contributed by atoms with Crippen molar-refractivity contribution in [3.05, 3.63) is 0 Å². The molecule has 2 rings (SSSR count). The number of hydrogen-bond donors (Lipinski definition) is 1. The minimum absolute atomic E-state index is 0.524. The van der Waals surface area contributed by atoms with Crippen LogP contribution in [-0.4, -0.2) is 36.5 Å². The van der Waals surface area contributed by atoms with Gasteiger partial charge in [-0.25, -0.2) is 0 Å². The fourth-order valence-electron chi connectivity index (χ4n) is 1.95. The molecule has 3 heteroatoms. The van der Waals surface area contributed by atoms with Gasteiger partial charge in [0.05, 0.1) is 0 Å². The van der Waals surface area contributed by atoms with Gasteiger partial charge in [0.2, 0.25) is 6.41 Å². The molecule has 0 unspecified atom stereocenters. The van der Waals surface area contributed by atoms with Gasteiger partial charge in [-0.2, -0.15) is 0 Å². The van der Waals surface area contributed by atoms with Crippen molar-refractivity contribution in [2.75, 3.05) is 13.1 Å². The van der Waals surface area contributed by atoms with E-state index in [0.29, 0.717) is 12.1 Å². The van der Waals surface area contributed by atoms with Crippen molar-refractivity contribution in [1.82, 2.24) is 10.2 Å². The maximum Gasteiger partial charge on any atom is 0.210 e. The van der Waals surface area contributed by atoms with E-state index in [1.54, 1.807) is 0 Å². The molecule has 3 nitrogen and oxygen atoms in total. The van der Waals surface area contributed by atoms with Gasteiger partial charge in [-0.3, -0.25) is 4.79 Å². The summed E-state index contributed by atoms with van der Waals surface area (Å²) < 4.78 is 0. The highest BCUT2D eigenvalue weighted by molar-refractivity contribution is 5.49. The Kier molecular flexibility index (Phi) is 2.30. The monoisotopic (exact) mass is 168 g/mol. The molecule has 0 radical (unpaired) electrons. The first-order chi connectivity index (χ1) is 5.92. The van der Waals surface area contributed by atoms with E-state index in [-0.39, 0.29) is 0 Å². The molecule has 0 aromatic carbocycles. The summed E-state index contributed by atoms with van der Waals surface area (Å²) in [6.45, 7) is 2.14. The maximum absolute atomic E-state index is 10.8. The minimum Gasteiger partial charge on any atom is -0.339 e. The molecule has 1 aliphatic heterocycles. The molecule has 0 spiro atoms. The Hall–Kier alpha value is -0.570. The summed E-state index contributed by atoms with van der Waals surface area (Å²) in [6.07, 6.45) is 5.77. The molecule has 2 fully saturated rings. The van der Waals surface area contributed by atoms with Crippen LogP contribution >= 0.6 is 0 Å². The highest BCUT2D eigenvalue weighted by Gasteiger charge is 2.33. The number of hydrogen-bond acceptors (Lipinski definition) is 2. The van der Waals surface area contributed by atoms with Crippen LogP contribution in [-0.2, 0) is 4.79 Å². The SMILES string of the molecule is O=CN(C1CCNCC1)C1CC1. The average Bonchev–Trinajstić information content (AvgIpc) is 2.92. The molecular formula is C9H16N2O. The smallest absolute Gasteiger partial charge is 0.210 e. The number of piperidine rings is 1. The van der Waals surface area contributed by atoms with Crippen molar-refractivity contribution in [2.24, 2.45) is 0 Å². The van der Waals surface area contributed by atoms with Gasteiger partial charge in [0, 0.05) is 12.1 Å². The van der Waals surface area contributed by atoms with Crippen LogP contribution in [0.2, 0.25) is 0 Å². The zero-order valence-electron chi connectivity index (χ0n) is 7.33. The van der Waals surface area contributed by atoms with Gasteiger partial charge in [0.25, 0.3) is 0 Å². The average molecular weight is 168 g/mol. The fraction of sp³-hybridized carbons (Fsp3) is 0.889. The molecule has 1 saturated carbocycles. The van der Waals surface area contributed by atoms with Gasteiger partial charge in [-0.1, -0.05) is 0 Å². The first-order valence-electron chi connectivity index (χ1n) is 4.85. The Morgan fingerprint density at radius 3 is 2.17 bits per heavy atom. The Bertz CT molecular complexity index is 162. The Labute approximate surface area is 73.1 Å². The maximum atomic E-state index is 10.8. The van der Waals surface area contributed by atoms with E-state index in [1.165, 1.54) is 12.8 Å². The van der Waals surface area contributed by atoms with Crippen molar-refractivity contribution in [2.45, 2.75) is 37.8 Å². The van der Waals surface area contributed by atoms with Crippen LogP contribution in [0.25, 0.3) is 0 Å². The molecule has 12 heavy (non-hydrogen) atoms. The van der Waals surface area contributed by atoms with Gasteiger partial charge in [-0.15, -0.1) is 0 Å². The molecule has 1 heterocycles. The number of nitrogens with zero attached hydrogens (tertiary/aromatic N) is 1. The number of carbonyl (C=O) groups is 1. The van der Waals surface area contributed by atoms with Crippen LogP contribution in [0, 0.1) is 0 Å². The standard InChI is InChI=1S/C9H16N2O/c12-7-11(8-1-2-8)9-3-5-10-6-4-9/h7-10H,1-6H2. The minimum atomic E-state index is 0.524. The zero-order chi connectivity index (χ0) is 8.39. The molecular weight excluding hydrogens is 152 g/mol. The highest BCUT2D eigenvalue weighted by atomic mass is 16.1. The summed E-state index contributed by atoms with van der Waals surface area (Å²) in [5.74, 6) is 0. The van der Waals surface area contributed by atoms with E-state index in [2.05, 4.69) is 5.32 Å². The van der Waals surface area contributed by atoms with E-state index in [4.69, 9.17) is 0 Å². The van der Waals surface area contributed by atoms with Crippen molar-refractivity contribution >= 4 is 6.41 Å². The second kappa shape index (κ2) is 3.44. The van der Waals surface area contributed by atoms with Gasteiger partial charge in [-0.05, 0) is 38.8 Å². The molecule has 1 N–H and O–H groups in total. The molecule has 68 valence electrons. The summed E-state index contributed by atoms with van der Waals surface area (Å²) in [6, 6.07) is 1.11. The molecule has 0 atom stereocenters.